The Bertz CT molecular complexity index is 1230. The third-order valence-electron chi connectivity index (χ3n) is 5.71. The average molecular weight is 410 g/mol. The lowest BCUT2D eigenvalue weighted by atomic mass is 9.93. The smallest absolute Gasteiger partial charge is 0.233 e. The Balaban J connectivity index is 1.53. The van der Waals surface area contributed by atoms with Crippen LogP contribution in [0.15, 0.2) is 79.1 Å². The number of hydrogen-bond acceptors (Lipinski definition) is 3. The molecule has 4 heteroatoms. The largest absolute Gasteiger partial charge is 0.329 e. The second-order valence-corrected chi connectivity index (χ2v) is 8.07. The minimum Gasteiger partial charge on any atom is -0.329 e. The van der Waals surface area contributed by atoms with E-state index in [9.17, 15) is 4.79 Å². The first-order valence-electron chi connectivity index (χ1n) is 10.5. The number of hydrogen-bond donors (Lipinski definition) is 2. The van der Waals surface area contributed by atoms with Crippen molar-refractivity contribution in [3.63, 3.8) is 0 Å². The number of fused-ring (bicyclic) bond motifs is 1. The quantitative estimate of drug-likeness (QED) is 0.464. The number of nitrogens with two attached hydrogens (primary N) is 1. The molecule has 1 heterocycles. The SMILES string of the molecule is Cc1ccc(Cc2cccc(C(CN)C(=O)Nc3ccc4cnccc4c3)c2)c(C)c1. The van der Waals surface area contributed by atoms with Crippen LogP contribution in [0.3, 0.4) is 0 Å². The van der Waals surface area contributed by atoms with Crippen molar-refractivity contribution in [3.05, 3.63) is 107 Å². The first kappa shape index (κ1) is 20.8. The van der Waals surface area contributed by atoms with Gasteiger partial charge < -0.3 is 11.1 Å². The van der Waals surface area contributed by atoms with Crippen LogP contribution in [0.5, 0.6) is 0 Å². The molecule has 1 unspecified atom stereocenters. The Labute approximate surface area is 183 Å². The van der Waals surface area contributed by atoms with Crippen molar-refractivity contribution in [2.24, 2.45) is 5.73 Å². The molecule has 1 atom stereocenters. The zero-order chi connectivity index (χ0) is 21.8. The zero-order valence-electron chi connectivity index (χ0n) is 17.9. The minimum absolute atomic E-state index is 0.0976. The predicted octanol–water partition coefficient (Wildman–Crippen LogP) is 5.12. The van der Waals surface area contributed by atoms with E-state index in [-0.39, 0.29) is 12.5 Å². The molecule has 3 N–H and O–H groups in total. The molecular weight excluding hydrogens is 382 g/mol. The van der Waals surface area contributed by atoms with E-state index >= 15 is 0 Å². The van der Waals surface area contributed by atoms with E-state index in [0.717, 1.165) is 28.4 Å². The molecule has 3 aromatic carbocycles. The summed E-state index contributed by atoms with van der Waals surface area (Å²) in [6.45, 7) is 4.49. The molecule has 0 aliphatic heterocycles. The Morgan fingerprint density at radius 1 is 1.00 bits per heavy atom. The van der Waals surface area contributed by atoms with Crippen LogP contribution in [-0.2, 0) is 11.2 Å². The highest BCUT2D eigenvalue weighted by Gasteiger charge is 2.20. The fraction of sp³-hybridized carbons (Fsp3) is 0.185. The Morgan fingerprint density at radius 2 is 1.87 bits per heavy atom. The summed E-state index contributed by atoms with van der Waals surface area (Å²) in [6, 6.07) is 22.5. The van der Waals surface area contributed by atoms with Crippen molar-refractivity contribution in [2.45, 2.75) is 26.2 Å². The molecule has 4 rings (SSSR count). The van der Waals surface area contributed by atoms with E-state index in [1.807, 2.05) is 42.6 Å². The first-order valence-corrected chi connectivity index (χ1v) is 10.5. The van der Waals surface area contributed by atoms with Gasteiger partial charge in [-0.2, -0.15) is 0 Å². The van der Waals surface area contributed by atoms with Gasteiger partial charge in [0.2, 0.25) is 5.91 Å². The molecule has 0 aliphatic rings. The standard InChI is InChI=1S/C27H27N3O/c1-18-6-7-21(19(2)12-18)13-20-4-3-5-23(14-20)26(16-28)27(31)30-25-9-8-24-17-29-11-10-22(24)15-25/h3-12,14-15,17,26H,13,16,28H2,1-2H3,(H,30,31). The maximum Gasteiger partial charge on any atom is 0.233 e. The second kappa shape index (κ2) is 9.11. The third kappa shape index (κ3) is 4.81. The van der Waals surface area contributed by atoms with Gasteiger partial charge in [0.1, 0.15) is 0 Å². The Morgan fingerprint density at radius 3 is 2.68 bits per heavy atom. The normalized spacial score (nSPS) is 12.0. The molecule has 31 heavy (non-hydrogen) atoms. The molecule has 0 spiro atoms. The Hall–Kier alpha value is -3.50. The van der Waals surface area contributed by atoms with Gasteiger partial charge >= 0.3 is 0 Å². The molecule has 0 fully saturated rings. The highest BCUT2D eigenvalue weighted by atomic mass is 16.1. The number of nitrogens with zero attached hydrogens (tertiary/aromatic N) is 1. The number of carbonyl (C=O) groups is 1. The topological polar surface area (TPSA) is 68.0 Å². The Kier molecular flexibility index (Phi) is 6.10. The molecule has 0 saturated heterocycles. The van der Waals surface area contributed by atoms with Crippen LogP contribution < -0.4 is 11.1 Å². The monoisotopic (exact) mass is 409 g/mol. The molecule has 0 bridgehead atoms. The maximum atomic E-state index is 13.0. The molecular formula is C27H27N3O. The van der Waals surface area contributed by atoms with E-state index in [1.54, 1.807) is 6.20 Å². The van der Waals surface area contributed by atoms with Gasteiger partial charge in [-0.05, 0) is 66.1 Å². The number of nitrogens with one attached hydrogen (secondary N) is 1. The van der Waals surface area contributed by atoms with Crippen LogP contribution >= 0.6 is 0 Å². The van der Waals surface area contributed by atoms with E-state index in [0.29, 0.717) is 0 Å². The van der Waals surface area contributed by atoms with Gasteiger partial charge in [-0.3, -0.25) is 9.78 Å². The molecule has 0 aliphatic carbocycles. The lowest BCUT2D eigenvalue weighted by molar-refractivity contribution is -0.117. The molecule has 0 saturated carbocycles. The first-order chi connectivity index (χ1) is 15.0. The molecule has 0 radical (unpaired) electrons. The number of rotatable bonds is 6. The van der Waals surface area contributed by atoms with Gasteiger partial charge in [-0.15, -0.1) is 0 Å². The number of aryl methyl sites for hydroxylation is 2. The summed E-state index contributed by atoms with van der Waals surface area (Å²) in [7, 11) is 0. The number of amides is 1. The second-order valence-electron chi connectivity index (χ2n) is 8.07. The summed E-state index contributed by atoms with van der Waals surface area (Å²) in [6.07, 6.45) is 4.39. The van der Waals surface area contributed by atoms with Crippen molar-refractivity contribution < 1.29 is 4.79 Å². The summed E-state index contributed by atoms with van der Waals surface area (Å²) in [5, 5.41) is 5.10. The number of benzene rings is 3. The van der Waals surface area contributed by atoms with Gasteiger partial charge in [0, 0.05) is 30.0 Å². The lowest BCUT2D eigenvalue weighted by Gasteiger charge is -2.17. The number of pyridine rings is 1. The summed E-state index contributed by atoms with van der Waals surface area (Å²) in [5.74, 6) is -0.508. The summed E-state index contributed by atoms with van der Waals surface area (Å²) >= 11 is 0. The lowest BCUT2D eigenvalue weighted by Crippen LogP contribution is -2.27. The predicted molar refractivity (Wildman–Crippen MR) is 127 cm³/mol. The molecule has 4 nitrogen and oxygen atoms in total. The highest BCUT2D eigenvalue weighted by Crippen LogP contribution is 2.23. The number of anilines is 1. The van der Waals surface area contributed by atoms with Gasteiger partial charge in [0.25, 0.3) is 0 Å². The van der Waals surface area contributed by atoms with Crippen molar-refractivity contribution >= 4 is 22.4 Å². The number of carbonyl (C=O) groups excluding carboxylic acids is 1. The van der Waals surface area contributed by atoms with Crippen molar-refractivity contribution in [1.29, 1.82) is 0 Å². The van der Waals surface area contributed by atoms with Gasteiger partial charge in [-0.1, -0.05) is 54.1 Å². The molecule has 4 aromatic rings. The summed E-state index contributed by atoms with van der Waals surface area (Å²) < 4.78 is 0. The van der Waals surface area contributed by atoms with Crippen molar-refractivity contribution in [1.82, 2.24) is 4.98 Å². The van der Waals surface area contributed by atoms with Crippen LogP contribution in [0.25, 0.3) is 10.8 Å². The highest BCUT2D eigenvalue weighted by molar-refractivity contribution is 5.98. The van der Waals surface area contributed by atoms with E-state index in [2.05, 4.69) is 54.5 Å². The van der Waals surface area contributed by atoms with Crippen LogP contribution in [0.2, 0.25) is 0 Å². The number of aromatic nitrogens is 1. The van der Waals surface area contributed by atoms with Gasteiger partial charge in [0.05, 0.1) is 5.92 Å². The van der Waals surface area contributed by atoms with E-state index < -0.39 is 5.92 Å². The van der Waals surface area contributed by atoms with Crippen LogP contribution in [0.1, 0.15) is 33.7 Å². The maximum absolute atomic E-state index is 13.0. The van der Waals surface area contributed by atoms with Crippen LogP contribution in [-0.4, -0.2) is 17.4 Å². The summed E-state index contributed by atoms with van der Waals surface area (Å²) in [5.41, 5.74) is 12.7. The fourth-order valence-corrected chi connectivity index (χ4v) is 3.97. The molecule has 1 amide bonds. The van der Waals surface area contributed by atoms with Gasteiger partial charge in [-0.25, -0.2) is 0 Å². The van der Waals surface area contributed by atoms with Crippen molar-refractivity contribution in [2.75, 3.05) is 11.9 Å². The van der Waals surface area contributed by atoms with Crippen molar-refractivity contribution in [3.8, 4) is 0 Å². The minimum atomic E-state index is -0.410. The third-order valence-corrected chi connectivity index (χ3v) is 5.71. The van der Waals surface area contributed by atoms with E-state index in [4.69, 9.17) is 5.73 Å². The van der Waals surface area contributed by atoms with Crippen LogP contribution in [0.4, 0.5) is 5.69 Å². The molecule has 156 valence electrons. The van der Waals surface area contributed by atoms with Crippen LogP contribution in [0, 0.1) is 13.8 Å². The molecule has 1 aromatic heterocycles. The fourth-order valence-electron chi connectivity index (χ4n) is 3.97. The average Bonchev–Trinajstić information content (AvgIpc) is 2.76. The summed E-state index contributed by atoms with van der Waals surface area (Å²) in [4.78, 5) is 17.2. The van der Waals surface area contributed by atoms with Gasteiger partial charge in [0.15, 0.2) is 0 Å². The van der Waals surface area contributed by atoms with E-state index in [1.165, 1.54) is 22.3 Å². The zero-order valence-corrected chi connectivity index (χ0v) is 17.9.